The second kappa shape index (κ2) is 16.2. The molecule has 2 heteroatoms. The standard InChI is InChI=1S/C27H50N.ClH/c1-6-7-8-9-10-11-12-13-14-15-16-17-21-24-27(2,3)28(4,5)25-26-22-19-18-20-23-26;/h18-20,22-23H,6-17,21,24-25H2,1-5H3;1H/q+1;/p-1. The van der Waals surface area contributed by atoms with Gasteiger partial charge in [0.15, 0.2) is 0 Å². The Morgan fingerprint density at radius 2 is 1.07 bits per heavy atom. The number of quaternary nitrogens is 1. The van der Waals surface area contributed by atoms with Crippen molar-refractivity contribution in [2.24, 2.45) is 0 Å². The van der Waals surface area contributed by atoms with Crippen LogP contribution >= 0.6 is 0 Å². The smallest absolute Gasteiger partial charge is 0.104 e. The van der Waals surface area contributed by atoms with E-state index in [1.54, 1.807) is 0 Å². The van der Waals surface area contributed by atoms with Gasteiger partial charge in [0.2, 0.25) is 0 Å². The number of halogens is 1. The van der Waals surface area contributed by atoms with Gasteiger partial charge in [-0.1, -0.05) is 114 Å². The fourth-order valence-corrected chi connectivity index (χ4v) is 4.13. The monoisotopic (exact) mass is 423 g/mol. The van der Waals surface area contributed by atoms with E-state index in [4.69, 9.17) is 0 Å². The molecule has 1 rings (SSSR count). The van der Waals surface area contributed by atoms with Crippen LogP contribution in [0.3, 0.4) is 0 Å². The van der Waals surface area contributed by atoms with Gasteiger partial charge >= 0.3 is 0 Å². The van der Waals surface area contributed by atoms with E-state index < -0.39 is 0 Å². The average molecular weight is 424 g/mol. The van der Waals surface area contributed by atoms with E-state index in [0.29, 0.717) is 5.54 Å². The summed E-state index contributed by atoms with van der Waals surface area (Å²) in [7, 11) is 4.80. The Morgan fingerprint density at radius 3 is 1.52 bits per heavy atom. The molecule has 0 aromatic heterocycles. The van der Waals surface area contributed by atoms with Crippen LogP contribution in [-0.2, 0) is 6.54 Å². The summed E-state index contributed by atoms with van der Waals surface area (Å²) in [6.07, 6.45) is 20.0. The van der Waals surface area contributed by atoms with Crippen LogP contribution in [0, 0.1) is 0 Å². The largest absolute Gasteiger partial charge is 1.00 e. The molecule has 0 saturated carbocycles. The zero-order valence-electron chi connectivity index (χ0n) is 20.3. The molecule has 0 unspecified atom stereocenters. The molecular formula is C27H50ClN. The number of rotatable bonds is 17. The number of benzene rings is 1. The van der Waals surface area contributed by atoms with Gasteiger partial charge in [-0.25, -0.2) is 0 Å². The molecule has 0 saturated heterocycles. The van der Waals surface area contributed by atoms with Gasteiger partial charge in [0.1, 0.15) is 6.54 Å². The molecule has 0 N–H and O–H groups in total. The van der Waals surface area contributed by atoms with E-state index in [1.165, 1.54) is 95.5 Å². The summed E-state index contributed by atoms with van der Waals surface area (Å²) in [4.78, 5) is 0. The minimum Gasteiger partial charge on any atom is -1.00 e. The van der Waals surface area contributed by atoms with Crippen molar-refractivity contribution in [2.45, 2.75) is 123 Å². The predicted molar refractivity (Wildman–Crippen MR) is 127 cm³/mol. The molecule has 0 aliphatic carbocycles. The molecule has 0 amide bonds. The Bertz CT molecular complexity index is 481. The number of hydrogen-bond acceptors (Lipinski definition) is 0. The highest BCUT2D eigenvalue weighted by molar-refractivity contribution is 5.13. The molecule has 170 valence electrons. The lowest BCUT2D eigenvalue weighted by Gasteiger charge is -2.45. The topological polar surface area (TPSA) is 0 Å². The summed E-state index contributed by atoms with van der Waals surface area (Å²) in [6.45, 7) is 8.32. The first-order valence-corrected chi connectivity index (χ1v) is 12.3. The van der Waals surface area contributed by atoms with Crippen molar-refractivity contribution in [3.05, 3.63) is 35.9 Å². The van der Waals surface area contributed by atoms with Crippen molar-refractivity contribution in [3.63, 3.8) is 0 Å². The maximum atomic E-state index is 2.45. The third-order valence-corrected chi connectivity index (χ3v) is 6.95. The van der Waals surface area contributed by atoms with Crippen LogP contribution in [0.4, 0.5) is 0 Å². The van der Waals surface area contributed by atoms with E-state index >= 15 is 0 Å². The maximum Gasteiger partial charge on any atom is 0.104 e. The predicted octanol–water partition coefficient (Wildman–Crippen LogP) is 5.53. The maximum absolute atomic E-state index is 2.45. The molecule has 0 aliphatic rings. The first-order chi connectivity index (χ1) is 13.4. The van der Waals surface area contributed by atoms with Gasteiger partial charge in [0.25, 0.3) is 0 Å². The molecule has 0 fully saturated rings. The second-order valence-corrected chi connectivity index (χ2v) is 10.1. The third kappa shape index (κ3) is 12.7. The highest BCUT2D eigenvalue weighted by atomic mass is 35.5. The molecule has 1 nitrogen and oxygen atoms in total. The van der Waals surface area contributed by atoms with Crippen molar-refractivity contribution in [1.82, 2.24) is 0 Å². The van der Waals surface area contributed by atoms with Crippen LogP contribution < -0.4 is 12.4 Å². The summed E-state index contributed by atoms with van der Waals surface area (Å²) in [5.74, 6) is 0. The fourth-order valence-electron chi connectivity index (χ4n) is 4.13. The number of hydrogen-bond donors (Lipinski definition) is 0. The lowest BCUT2D eigenvalue weighted by atomic mass is 9.91. The quantitative estimate of drug-likeness (QED) is 0.228. The van der Waals surface area contributed by atoms with Crippen molar-refractivity contribution < 1.29 is 16.9 Å². The lowest BCUT2D eigenvalue weighted by Crippen LogP contribution is -3.00. The lowest BCUT2D eigenvalue weighted by molar-refractivity contribution is -0.950. The van der Waals surface area contributed by atoms with Gasteiger partial charge in [-0.15, -0.1) is 0 Å². The van der Waals surface area contributed by atoms with Crippen LogP contribution in [0.1, 0.15) is 116 Å². The Hall–Kier alpha value is -0.530. The van der Waals surface area contributed by atoms with E-state index in [2.05, 4.69) is 65.2 Å². The van der Waals surface area contributed by atoms with Gasteiger partial charge in [0.05, 0.1) is 19.6 Å². The van der Waals surface area contributed by atoms with E-state index in [-0.39, 0.29) is 12.4 Å². The Morgan fingerprint density at radius 1 is 0.655 bits per heavy atom. The molecule has 1 aromatic carbocycles. The minimum absolute atomic E-state index is 0. The zero-order valence-corrected chi connectivity index (χ0v) is 21.1. The normalized spacial score (nSPS) is 12.0. The van der Waals surface area contributed by atoms with Crippen molar-refractivity contribution in [3.8, 4) is 0 Å². The van der Waals surface area contributed by atoms with Gasteiger partial charge in [0, 0.05) is 12.0 Å². The molecule has 29 heavy (non-hydrogen) atoms. The molecular weight excluding hydrogens is 374 g/mol. The van der Waals surface area contributed by atoms with Crippen LogP contribution in [0.25, 0.3) is 0 Å². The van der Waals surface area contributed by atoms with Crippen molar-refractivity contribution in [2.75, 3.05) is 14.1 Å². The van der Waals surface area contributed by atoms with Crippen LogP contribution in [0.5, 0.6) is 0 Å². The van der Waals surface area contributed by atoms with Gasteiger partial charge in [-0.3, -0.25) is 0 Å². The fraction of sp³-hybridized carbons (Fsp3) is 0.778. The average Bonchev–Trinajstić information content (AvgIpc) is 2.66. The Kier molecular flexibility index (Phi) is 15.9. The van der Waals surface area contributed by atoms with Crippen LogP contribution in [0.15, 0.2) is 30.3 Å². The summed E-state index contributed by atoms with van der Waals surface area (Å²) < 4.78 is 1.06. The summed E-state index contributed by atoms with van der Waals surface area (Å²) >= 11 is 0. The third-order valence-electron chi connectivity index (χ3n) is 6.95. The first kappa shape index (κ1) is 28.5. The first-order valence-electron chi connectivity index (χ1n) is 12.3. The number of unbranched alkanes of at least 4 members (excludes halogenated alkanes) is 12. The van der Waals surface area contributed by atoms with Crippen LogP contribution in [-0.4, -0.2) is 24.1 Å². The highest BCUT2D eigenvalue weighted by Gasteiger charge is 2.35. The molecule has 0 bridgehead atoms. The summed E-state index contributed by atoms with van der Waals surface area (Å²) in [6, 6.07) is 11.0. The molecule has 0 aliphatic heterocycles. The number of nitrogens with zero attached hydrogens (tertiary/aromatic N) is 1. The second-order valence-electron chi connectivity index (χ2n) is 10.1. The van der Waals surface area contributed by atoms with Crippen molar-refractivity contribution >= 4 is 0 Å². The van der Waals surface area contributed by atoms with Crippen molar-refractivity contribution in [1.29, 1.82) is 0 Å². The SMILES string of the molecule is CCCCCCCCCCCCCCCC(C)(C)[N+](C)(C)Cc1ccccc1.[Cl-]. The molecule has 0 spiro atoms. The molecule has 0 heterocycles. The minimum atomic E-state index is 0. The summed E-state index contributed by atoms with van der Waals surface area (Å²) in [5, 5.41) is 0. The Labute approximate surface area is 189 Å². The van der Waals surface area contributed by atoms with Crippen LogP contribution in [0.2, 0.25) is 0 Å². The Balaban J connectivity index is 0.00000784. The van der Waals surface area contributed by atoms with Gasteiger partial charge in [-0.2, -0.15) is 0 Å². The molecule has 0 atom stereocenters. The molecule has 1 aromatic rings. The van der Waals surface area contributed by atoms with E-state index in [0.717, 1.165) is 11.0 Å². The summed E-state index contributed by atoms with van der Waals surface area (Å²) in [5.41, 5.74) is 1.78. The zero-order chi connectivity index (χ0) is 20.7. The highest BCUT2D eigenvalue weighted by Crippen LogP contribution is 2.29. The van der Waals surface area contributed by atoms with E-state index in [9.17, 15) is 0 Å². The van der Waals surface area contributed by atoms with E-state index in [1.807, 2.05) is 0 Å². The van der Waals surface area contributed by atoms with Gasteiger partial charge in [-0.05, 0) is 20.3 Å². The molecule has 0 radical (unpaired) electrons. The van der Waals surface area contributed by atoms with Gasteiger partial charge < -0.3 is 16.9 Å².